The lowest BCUT2D eigenvalue weighted by molar-refractivity contribution is -0.147. The number of Topliss-reactive ketones (excluding diaryl/α,β-unsaturated/α-hetero) is 1. The number of unbranched alkanes of at least 4 members (excludes halogenated alkanes) is 1. The monoisotopic (exact) mass is 625 g/mol. The second-order valence-corrected chi connectivity index (χ2v) is 12.7. The Labute approximate surface area is 265 Å². The first-order chi connectivity index (χ1) is 21.3. The van der Waals surface area contributed by atoms with Gasteiger partial charge in [0, 0.05) is 25.9 Å². The maximum atomic E-state index is 13.8. The third kappa shape index (κ3) is 9.89. The molecule has 1 aromatic rings. The number of amides is 5. The van der Waals surface area contributed by atoms with Crippen LogP contribution in [0.5, 0.6) is 0 Å². The molecule has 1 heterocycles. The molecular formula is C33H47N5O7. The van der Waals surface area contributed by atoms with Crippen LogP contribution in [0.4, 0.5) is 4.79 Å². The van der Waals surface area contributed by atoms with Crippen LogP contribution in [-0.2, 0) is 41.6 Å². The number of fused-ring (bicyclic) bond motifs is 1. The van der Waals surface area contributed by atoms with Gasteiger partial charge in [-0.2, -0.15) is 0 Å². The fourth-order valence-corrected chi connectivity index (χ4v) is 5.64. The number of ketones is 1. The van der Waals surface area contributed by atoms with Gasteiger partial charge in [-0.1, -0.05) is 70.9 Å². The Kier molecular flexibility index (Phi) is 12.7. The number of carbonyl (C=O) groups is 6. The Bertz CT molecular complexity index is 1250. The van der Waals surface area contributed by atoms with Crippen molar-refractivity contribution in [2.75, 3.05) is 19.6 Å². The summed E-state index contributed by atoms with van der Waals surface area (Å²) in [5, 5.41) is 10.3. The van der Waals surface area contributed by atoms with Crippen molar-refractivity contribution in [3.8, 4) is 0 Å². The van der Waals surface area contributed by atoms with E-state index in [1.807, 2.05) is 31.2 Å². The van der Waals surface area contributed by atoms with E-state index in [0.717, 1.165) is 17.5 Å². The van der Waals surface area contributed by atoms with Crippen molar-refractivity contribution in [2.24, 2.45) is 5.41 Å². The van der Waals surface area contributed by atoms with Gasteiger partial charge in [0.2, 0.25) is 17.6 Å². The Morgan fingerprint density at radius 2 is 1.71 bits per heavy atom. The molecule has 246 valence electrons. The molecule has 3 atom stereocenters. The normalized spacial score (nSPS) is 17.4. The van der Waals surface area contributed by atoms with Crippen molar-refractivity contribution < 1.29 is 33.5 Å². The molecule has 1 saturated heterocycles. The van der Waals surface area contributed by atoms with Gasteiger partial charge < -0.3 is 30.9 Å². The number of ether oxygens (including phenoxy) is 1. The highest BCUT2D eigenvalue weighted by Gasteiger charge is 2.42. The predicted molar refractivity (Wildman–Crippen MR) is 168 cm³/mol. The van der Waals surface area contributed by atoms with Gasteiger partial charge in [-0.15, -0.1) is 6.58 Å². The lowest BCUT2D eigenvalue weighted by Crippen LogP contribution is -2.60. The third-order valence-electron chi connectivity index (χ3n) is 8.04. The standard InChI is InChI=1S/C33H47N5O7/c1-6-8-14-24(27(40)30(42)34-16-7-2)36-29(41)25-15-11-17-38(25)31(43)28(33(3,4)5)37-32(44)35-20-26(39)45-23-18-21-12-9-10-13-22(21)19-23/h7,9-10,12-13,23-25,28H,2,6,8,11,14-20H2,1,3-5H3,(H,34,42)(H,36,41)(H2,35,37,44). The van der Waals surface area contributed by atoms with Crippen molar-refractivity contribution in [1.82, 2.24) is 26.2 Å². The number of hydrogen-bond donors (Lipinski definition) is 4. The quantitative estimate of drug-likeness (QED) is 0.140. The van der Waals surface area contributed by atoms with Crippen LogP contribution in [0.1, 0.15) is 70.9 Å². The molecule has 1 fully saturated rings. The lowest BCUT2D eigenvalue weighted by Gasteiger charge is -2.35. The van der Waals surface area contributed by atoms with Crippen molar-refractivity contribution in [3.63, 3.8) is 0 Å². The van der Waals surface area contributed by atoms with Gasteiger partial charge in [0.25, 0.3) is 5.91 Å². The number of benzene rings is 1. The first-order valence-corrected chi connectivity index (χ1v) is 15.7. The minimum Gasteiger partial charge on any atom is -0.460 e. The smallest absolute Gasteiger partial charge is 0.325 e. The van der Waals surface area contributed by atoms with Crippen molar-refractivity contribution in [3.05, 3.63) is 48.0 Å². The second kappa shape index (κ2) is 16.2. The molecule has 0 radical (unpaired) electrons. The second-order valence-electron chi connectivity index (χ2n) is 12.7. The van der Waals surface area contributed by atoms with Gasteiger partial charge in [-0.25, -0.2) is 4.79 Å². The summed E-state index contributed by atoms with van der Waals surface area (Å²) in [6, 6.07) is 4.25. The van der Waals surface area contributed by atoms with E-state index in [9.17, 15) is 28.8 Å². The van der Waals surface area contributed by atoms with Crippen LogP contribution < -0.4 is 21.3 Å². The molecule has 0 saturated carbocycles. The summed E-state index contributed by atoms with van der Waals surface area (Å²) in [5.41, 5.74) is 1.54. The molecule has 45 heavy (non-hydrogen) atoms. The molecule has 0 aromatic heterocycles. The summed E-state index contributed by atoms with van der Waals surface area (Å²) in [6.07, 6.45) is 4.98. The molecule has 0 spiro atoms. The predicted octanol–water partition coefficient (Wildman–Crippen LogP) is 1.95. The summed E-state index contributed by atoms with van der Waals surface area (Å²) in [5.74, 6) is -3.13. The van der Waals surface area contributed by atoms with Gasteiger partial charge in [-0.3, -0.25) is 24.0 Å². The Morgan fingerprint density at radius 1 is 1.04 bits per heavy atom. The minimum absolute atomic E-state index is 0.120. The van der Waals surface area contributed by atoms with E-state index in [4.69, 9.17) is 4.74 Å². The van der Waals surface area contributed by atoms with E-state index >= 15 is 0 Å². The minimum atomic E-state index is -1.03. The van der Waals surface area contributed by atoms with E-state index in [0.29, 0.717) is 32.1 Å². The zero-order valence-corrected chi connectivity index (χ0v) is 26.8. The summed E-state index contributed by atoms with van der Waals surface area (Å²) in [4.78, 5) is 79.1. The molecule has 0 bridgehead atoms. The van der Waals surface area contributed by atoms with Gasteiger partial charge in [0.15, 0.2) is 0 Å². The summed E-state index contributed by atoms with van der Waals surface area (Å²) < 4.78 is 5.54. The van der Waals surface area contributed by atoms with Crippen LogP contribution in [0.2, 0.25) is 0 Å². The van der Waals surface area contributed by atoms with Crippen molar-refractivity contribution in [1.29, 1.82) is 0 Å². The Hall–Kier alpha value is -4.22. The molecule has 1 aliphatic carbocycles. The van der Waals surface area contributed by atoms with Crippen LogP contribution in [0, 0.1) is 5.41 Å². The zero-order valence-electron chi connectivity index (χ0n) is 26.8. The Morgan fingerprint density at radius 3 is 2.31 bits per heavy atom. The largest absolute Gasteiger partial charge is 0.460 e. The molecule has 5 amide bonds. The van der Waals surface area contributed by atoms with Crippen LogP contribution in [0.15, 0.2) is 36.9 Å². The molecule has 2 aliphatic rings. The third-order valence-corrected chi connectivity index (χ3v) is 8.04. The first kappa shape index (κ1) is 35.3. The molecule has 3 rings (SSSR count). The maximum absolute atomic E-state index is 13.8. The number of urea groups is 1. The fourth-order valence-electron chi connectivity index (χ4n) is 5.64. The van der Waals surface area contributed by atoms with Gasteiger partial charge in [-0.05, 0) is 35.8 Å². The van der Waals surface area contributed by atoms with Crippen molar-refractivity contribution >= 4 is 35.5 Å². The van der Waals surface area contributed by atoms with Gasteiger partial charge in [0.1, 0.15) is 24.7 Å². The SMILES string of the molecule is C=CCNC(=O)C(=O)C(CCCC)NC(=O)C1CCCN1C(=O)C(NC(=O)NCC(=O)OC1Cc2ccccc2C1)C(C)(C)C. The Balaban J connectivity index is 1.59. The fraction of sp³-hybridized carbons (Fsp3) is 0.576. The maximum Gasteiger partial charge on any atom is 0.325 e. The van der Waals surface area contributed by atoms with E-state index < -0.39 is 59.0 Å². The molecule has 3 unspecified atom stereocenters. The zero-order chi connectivity index (χ0) is 33.1. The highest BCUT2D eigenvalue weighted by atomic mass is 16.5. The number of hydrogen-bond acceptors (Lipinski definition) is 7. The molecule has 1 aromatic carbocycles. The number of nitrogens with one attached hydrogen (secondary N) is 4. The number of likely N-dealkylation sites (tertiary alicyclic amines) is 1. The average molecular weight is 626 g/mol. The van der Waals surface area contributed by atoms with E-state index in [-0.39, 0.29) is 32.2 Å². The van der Waals surface area contributed by atoms with E-state index in [1.54, 1.807) is 20.8 Å². The van der Waals surface area contributed by atoms with Gasteiger partial charge >= 0.3 is 12.0 Å². The van der Waals surface area contributed by atoms with Crippen LogP contribution in [-0.4, -0.2) is 84.3 Å². The summed E-state index contributed by atoms with van der Waals surface area (Å²) in [6.45, 7) is 10.9. The van der Waals surface area contributed by atoms with E-state index in [1.165, 1.54) is 11.0 Å². The summed E-state index contributed by atoms with van der Waals surface area (Å²) >= 11 is 0. The van der Waals surface area contributed by atoms with Crippen LogP contribution in [0.25, 0.3) is 0 Å². The average Bonchev–Trinajstić information content (AvgIpc) is 3.65. The van der Waals surface area contributed by atoms with Gasteiger partial charge in [0.05, 0.1) is 6.04 Å². The van der Waals surface area contributed by atoms with Crippen molar-refractivity contribution in [2.45, 2.75) is 96.9 Å². The first-order valence-electron chi connectivity index (χ1n) is 15.7. The number of carbonyl (C=O) groups excluding carboxylic acids is 6. The molecule has 12 heteroatoms. The molecule has 4 N–H and O–H groups in total. The molecule has 1 aliphatic heterocycles. The summed E-state index contributed by atoms with van der Waals surface area (Å²) in [7, 11) is 0. The molecular weight excluding hydrogens is 578 g/mol. The molecule has 12 nitrogen and oxygen atoms in total. The lowest BCUT2D eigenvalue weighted by atomic mass is 9.85. The highest BCUT2D eigenvalue weighted by Crippen LogP contribution is 2.26. The highest BCUT2D eigenvalue weighted by molar-refractivity contribution is 6.38. The number of esters is 1. The van der Waals surface area contributed by atoms with E-state index in [2.05, 4.69) is 27.8 Å². The van der Waals surface area contributed by atoms with Crippen LogP contribution in [0.3, 0.4) is 0 Å². The topological polar surface area (TPSA) is 163 Å². The number of rotatable bonds is 14. The van der Waals surface area contributed by atoms with Crippen LogP contribution >= 0.6 is 0 Å². The number of nitrogens with zero attached hydrogens (tertiary/aromatic N) is 1.